The molecule has 2 aromatic heterocycles. The molecule has 18 heavy (non-hydrogen) atoms. The van der Waals surface area contributed by atoms with Gasteiger partial charge in [-0.2, -0.15) is 0 Å². The van der Waals surface area contributed by atoms with Crippen molar-refractivity contribution in [3.05, 3.63) is 35.8 Å². The van der Waals surface area contributed by atoms with Crippen LogP contribution in [0, 0.1) is 6.92 Å². The Labute approximate surface area is 108 Å². The van der Waals surface area contributed by atoms with Crippen molar-refractivity contribution in [2.45, 2.75) is 32.9 Å². The fraction of sp³-hybridized carbons (Fsp3) is 0.500. The molecule has 0 amide bonds. The van der Waals surface area contributed by atoms with Crippen LogP contribution in [0.25, 0.3) is 5.65 Å². The van der Waals surface area contributed by atoms with E-state index in [9.17, 15) is 5.11 Å². The topological polar surface area (TPSA) is 40.8 Å². The van der Waals surface area contributed by atoms with Gasteiger partial charge in [0.15, 0.2) is 0 Å². The van der Waals surface area contributed by atoms with E-state index in [-0.39, 0.29) is 6.10 Å². The van der Waals surface area contributed by atoms with Crippen LogP contribution in [-0.4, -0.2) is 39.1 Å². The number of aliphatic hydroxyl groups is 1. The maximum atomic E-state index is 9.27. The lowest BCUT2D eigenvalue weighted by atomic mass is 10.2. The normalized spacial score (nSPS) is 13.4. The maximum Gasteiger partial charge on any atom is 0.137 e. The fourth-order valence-corrected chi connectivity index (χ4v) is 1.99. The van der Waals surface area contributed by atoms with E-state index >= 15 is 0 Å². The van der Waals surface area contributed by atoms with Crippen LogP contribution in [0.2, 0.25) is 0 Å². The molecule has 1 atom stereocenters. The zero-order valence-corrected chi connectivity index (χ0v) is 11.3. The molecule has 4 heteroatoms. The highest BCUT2D eigenvalue weighted by Crippen LogP contribution is 2.09. The molecule has 0 saturated heterocycles. The van der Waals surface area contributed by atoms with Crippen molar-refractivity contribution in [2.24, 2.45) is 0 Å². The standard InChI is InChI=1S/C14H21N3O/c1-11-4-5-14-15-13(10-17(14)8-11)9-16(3)7-6-12(2)18/h4-5,8,10,12,18H,6-7,9H2,1-3H3. The molecule has 1 N–H and O–H groups in total. The Morgan fingerprint density at radius 2 is 2.17 bits per heavy atom. The van der Waals surface area contributed by atoms with Crippen LogP contribution in [0.4, 0.5) is 0 Å². The number of nitrogens with zero attached hydrogens (tertiary/aromatic N) is 3. The Kier molecular flexibility index (Phi) is 3.99. The molecule has 0 aliphatic heterocycles. The molecule has 0 fully saturated rings. The second-order valence-electron chi connectivity index (χ2n) is 5.08. The van der Waals surface area contributed by atoms with Gasteiger partial charge in [0, 0.05) is 25.5 Å². The van der Waals surface area contributed by atoms with Gasteiger partial charge in [0.25, 0.3) is 0 Å². The molecule has 1 unspecified atom stereocenters. The summed E-state index contributed by atoms with van der Waals surface area (Å²) in [6, 6.07) is 4.11. The van der Waals surface area contributed by atoms with Gasteiger partial charge in [-0.1, -0.05) is 6.07 Å². The molecule has 0 radical (unpaired) electrons. The van der Waals surface area contributed by atoms with Gasteiger partial charge in [0.2, 0.25) is 0 Å². The average molecular weight is 247 g/mol. The summed E-state index contributed by atoms with van der Waals surface area (Å²) in [6.45, 7) is 5.59. The van der Waals surface area contributed by atoms with E-state index in [2.05, 4.69) is 46.7 Å². The highest BCUT2D eigenvalue weighted by atomic mass is 16.3. The minimum absolute atomic E-state index is 0.240. The van der Waals surface area contributed by atoms with Crippen molar-refractivity contribution in [1.29, 1.82) is 0 Å². The SMILES string of the molecule is Cc1ccc2nc(CN(C)CCC(C)O)cn2c1. The van der Waals surface area contributed by atoms with E-state index in [1.165, 1.54) is 5.56 Å². The molecule has 2 rings (SSSR count). The third kappa shape index (κ3) is 3.31. The molecule has 0 aliphatic carbocycles. The summed E-state index contributed by atoms with van der Waals surface area (Å²) >= 11 is 0. The molecular weight excluding hydrogens is 226 g/mol. The quantitative estimate of drug-likeness (QED) is 0.876. The first-order chi connectivity index (χ1) is 8.54. The van der Waals surface area contributed by atoms with Crippen molar-refractivity contribution >= 4 is 5.65 Å². The summed E-state index contributed by atoms with van der Waals surface area (Å²) in [5.41, 5.74) is 3.28. The molecule has 2 heterocycles. The molecular formula is C14H21N3O. The highest BCUT2D eigenvalue weighted by molar-refractivity contribution is 5.41. The molecule has 0 saturated carbocycles. The van der Waals surface area contributed by atoms with Crippen LogP contribution >= 0.6 is 0 Å². The van der Waals surface area contributed by atoms with Crippen molar-refractivity contribution in [3.8, 4) is 0 Å². The number of aliphatic hydroxyl groups excluding tert-OH is 1. The Morgan fingerprint density at radius 1 is 1.39 bits per heavy atom. The summed E-state index contributed by atoms with van der Waals surface area (Å²) in [5, 5.41) is 9.27. The number of aromatic nitrogens is 2. The lowest BCUT2D eigenvalue weighted by Crippen LogP contribution is -2.22. The van der Waals surface area contributed by atoms with E-state index in [1.807, 2.05) is 13.0 Å². The third-order valence-electron chi connectivity index (χ3n) is 3.01. The van der Waals surface area contributed by atoms with Crippen LogP contribution in [0.15, 0.2) is 24.5 Å². The fourth-order valence-electron chi connectivity index (χ4n) is 1.99. The lowest BCUT2D eigenvalue weighted by molar-refractivity contribution is 0.162. The molecule has 2 aromatic rings. The summed E-state index contributed by atoms with van der Waals surface area (Å²) in [5.74, 6) is 0. The summed E-state index contributed by atoms with van der Waals surface area (Å²) in [7, 11) is 2.05. The molecule has 0 aliphatic rings. The molecule has 0 spiro atoms. The number of fused-ring (bicyclic) bond motifs is 1. The lowest BCUT2D eigenvalue weighted by Gasteiger charge is -2.15. The Hall–Kier alpha value is -1.39. The van der Waals surface area contributed by atoms with Crippen molar-refractivity contribution in [3.63, 3.8) is 0 Å². The van der Waals surface area contributed by atoms with Gasteiger partial charge in [-0.15, -0.1) is 0 Å². The van der Waals surface area contributed by atoms with Crippen LogP contribution in [-0.2, 0) is 6.54 Å². The zero-order valence-electron chi connectivity index (χ0n) is 11.3. The van der Waals surface area contributed by atoms with Crippen molar-refractivity contribution < 1.29 is 5.11 Å². The van der Waals surface area contributed by atoms with Crippen LogP contribution in [0.3, 0.4) is 0 Å². The monoisotopic (exact) mass is 247 g/mol. The molecule has 98 valence electrons. The summed E-state index contributed by atoms with van der Waals surface area (Å²) in [6.07, 6.45) is 4.71. The zero-order chi connectivity index (χ0) is 13.1. The third-order valence-corrected chi connectivity index (χ3v) is 3.01. The van der Waals surface area contributed by atoms with E-state index in [4.69, 9.17) is 0 Å². The number of hydrogen-bond acceptors (Lipinski definition) is 3. The van der Waals surface area contributed by atoms with Crippen molar-refractivity contribution in [1.82, 2.24) is 14.3 Å². The first-order valence-corrected chi connectivity index (χ1v) is 6.35. The number of hydrogen-bond donors (Lipinski definition) is 1. The largest absolute Gasteiger partial charge is 0.393 e. The molecule has 4 nitrogen and oxygen atoms in total. The second kappa shape index (κ2) is 5.50. The Morgan fingerprint density at radius 3 is 2.89 bits per heavy atom. The minimum atomic E-state index is -0.240. The smallest absolute Gasteiger partial charge is 0.137 e. The predicted molar refractivity (Wildman–Crippen MR) is 72.6 cm³/mol. The van der Waals surface area contributed by atoms with E-state index in [0.717, 1.165) is 30.9 Å². The second-order valence-corrected chi connectivity index (χ2v) is 5.08. The van der Waals surface area contributed by atoms with Gasteiger partial charge in [0.1, 0.15) is 5.65 Å². The van der Waals surface area contributed by atoms with Gasteiger partial charge in [-0.05, 0) is 38.9 Å². The molecule has 0 bridgehead atoms. The van der Waals surface area contributed by atoms with Gasteiger partial charge < -0.3 is 14.4 Å². The van der Waals surface area contributed by atoms with Gasteiger partial charge >= 0.3 is 0 Å². The number of imidazole rings is 1. The Bertz CT molecular complexity index is 519. The summed E-state index contributed by atoms with van der Waals surface area (Å²) in [4.78, 5) is 6.76. The van der Waals surface area contributed by atoms with Gasteiger partial charge in [0.05, 0.1) is 11.8 Å². The first-order valence-electron chi connectivity index (χ1n) is 6.35. The predicted octanol–water partition coefficient (Wildman–Crippen LogP) is 1.85. The maximum absolute atomic E-state index is 9.27. The Balaban J connectivity index is 2.03. The van der Waals surface area contributed by atoms with Crippen LogP contribution in [0.5, 0.6) is 0 Å². The van der Waals surface area contributed by atoms with E-state index in [1.54, 1.807) is 0 Å². The number of rotatable bonds is 5. The molecule has 0 aromatic carbocycles. The van der Waals surface area contributed by atoms with Gasteiger partial charge in [-0.25, -0.2) is 4.98 Å². The number of pyridine rings is 1. The number of aryl methyl sites for hydroxylation is 1. The summed E-state index contributed by atoms with van der Waals surface area (Å²) < 4.78 is 2.06. The first kappa shape index (κ1) is 13.1. The van der Waals surface area contributed by atoms with E-state index in [0.29, 0.717) is 0 Å². The van der Waals surface area contributed by atoms with Crippen LogP contribution in [0.1, 0.15) is 24.6 Å². The highest BCUT2D eigenvalue weighted by Gasteiger charge is 2.06. The van der Waals surface area contributed by atoms with Gasteiger partial charge in [-0.3, -0.25) is 0 Å². The van der Waals surface area contributed by atoms with Crippen molar-refractivity contribution in [2.75, 3.05) is 13.6 Å². The van der Waals surface area contributed by atoms with E-state index < -0.39 is 0 Å². The average Bonchev–Trinajstić information content (AvgIpc) is 2.67. The minimum Gasteiger partial charge on any atom is -0.393 e. The van der Waals surface area contributed by atoms with Crippen LogP contribution < -0.4 is 0 Å².